The Labute approximate surface area is 101 Å². The summed E-state index contributed by atoms with van der Waals surface area (Å²) in [5, 5.41) is 0. The molecular formula is C11H18N2O2S. The summed E-state index contributed by atoms with van der Waals surface area (Å²) in [5.41, 5.74) is 4.89. The van der Waals surface area contributed by atoms with Crippen LogP contribution >= 0.6 is 12.2 Å². The average molecular weight is 242 g/mol. The largest absolute Gasteiger partial charge is 0.392 e. The predicted octanol–water partition coefficient (Wildman–Crippen LogP) is 0.690. The first kappa shape index (κ1) is 11.8. The Morgan fingerprint density at radius 3 is 2.50 bits per heavy atom. The number of nitrogens with zero attached hydrogens (tertiary/aromatic N) is 1. The van der Waals surface area contributed by atoms with Gasteiger partial charge in [-0.05, 0) is 26.7 Å². The summed E-state index contributed by atoms with van der Waals surface area (Å²) in [6, 6.07) is 0. The summed E-state index contributed by atoms with van der Waals surface area (Å²) in [6.07, 6.45) is 1.60. The number of hydrogen-bond acceptors (Lipinski definition) is 3. The van der Waals surface area contributed by atoms with Gasteiger partial charge >= 0.3 is 0 Å². The molecule has 0 unspecified atom stereocenters. The smallest absolute Gasteiger partial charge is 0.236 e. The summed E-state index contributed by atoms with van der Waals surface area (Å²) < 4.78 is 5.40. The van der Waals surface area contributed by atoms with Crippen molar-refractivity contribution >= 4 is 23.1 Å². The van der Waals surface area contributed by atoms with Gasteiger partial charge in [0, 0.05) is 6.54 Å². The Morgan fingerprint density at radius 2 is 2.06 bits per heavy atom. The SMILES string of the molecule is CC1(C)COCCN1C(=O)C1(C(N)=S)CC1. The monoisotopic (exact) mass is 242 g/mol. The normalized spacial score (nSPS) is 26.2. The molecule has 1 aliphatic carbocycles. The lowest BCUT2D eigenvalue weighted by atomic mass is 9.97. The lowest BCUT2D eigenvalue weighted by Crippen LogP contribution is -2.58. The van der Waals surface area contributed by atoms with Gasteiger partial charge < -0.3 is 15.4 Å². The molecule has 1 aliphatic heterocycles. The molecular weight excluding hydrogens is 224 g/mol. The Kier molecular flexibility index (Phi) is 2.70. The van der Waals surface area contributed by atoms with Gasteiger partial charge in [0.25, 0.3) is 0 Å². The summed E-state index contributed by atoms with van der Waals surface area (Å²) in [4.78, 5) is 14.7. The quantitative estimate of drug-likeness (QED) is 0.724. The standard InChI is InChI=1S/C11H18N2O2S/c1-10(2)7-15-6-5-13(10)9(14)11(3-4-11)8(12)16/h3-7H2,1-2H3,(H2,12,16). The van der Waals surface area contributed by atoms with Crippen LogP contribution in [0.4, 0.5) is 0 Å². The van der Waals surface area contributed by atoms with E-state index in [1.165, 1.54) is 0 Å². The summed E-state index contributed by atoms with van der Waals surface area (Å²) in [7, 11) is 0. The van der Waals surface area contributed by atoms with Crippen molar-refractivity contribution < 1.29 is 9.53 Å². The highest BCUT2D eigenvalue weighted by Crippen LogP contribution is 2.48. The number of hydrogen-bond donors (Lipinski definition) is 1. The second kappa shape index (κ2) is 3.67. The van der Waals surface area contributed by atoms with Gasteiger partial charge in [-0.2, -0.15) is 0 Å². The minimum absolute atomic E-state index is 0.0910. The third-order valence-corrected chi connectivity index (χ3v) is 3.91. The van der Waals surface area contributed by atoms with Crippen LogP contribution in [-0.2, 0) is 9.53 Å². The molecule has 0 aromatic heterocycles. The molecule has 0 bridgehead atoms. The van der Waals surface area contributed by atoms with Gasteiger partial charge in [0.05, 0.1) is 29.2 Å². The van der Waals surface area contributed by atoms with Crippen LogP contribution in [0.5, 0.6) is 0 Å². The third kappa shape index (κ3) is 1.72. The maximum Gasteiger partial charge on any atom is 0.236 e. The molecule has 0 spiro atoms. The van der Waals surface area contributed by atoms with Crippen molar-refractivity contribution in [1.82, 2.24) is 4.90 Å². The molecule has 90 valence electrons. The minimum atomic E-state index is -0.538. The van der Waals surface area contributed by atoms with E-state index in [1.807, 2.05) is 18.7 Å². The maximum atomic E-state index is 12.4. The molecule has 1 heterocycles. The lowest BCUT2D eigenvalue weighted by Gasteiger charge is -2.43. The fourth-order valence-electron chi connectivity index (χ4n) is 2.18. The molecule has 1 amide bonds. The third-order valence-electron chi connectivity index (χ3n) is 3.52. The first-order valence-electron chi connectivity index (χ1n) is 5.60. The molecule has 0 atom stereocenters. The van der Waals surface area contributed by atoms with Crippen molar-refractivity contribution in [3.05, 3.63) is 0 Å². The van der Waals surface area contributed by atoms with E-state index in [9.17, 15) is 4.79 Å². The van der Waals surface area contributed by atoms with Crippen molar-refractivity contribution in [2.75, 3.05) is 19.8 Å². The maximum absolute atomic E-state index is 12.4. The number of ether oxygens (including phenoxy) is 1. The number of rotatable bonds is 2. The number of carbonyl (C=O) groups excluding carboxylic acids is 1. The molecule has 16 heavy (non-hydrogen) atoms. The summed E-state index contributed by atoms with van der Waals surface area (Å²) >= 11 is 5.01. The van der Waals surface area contributed by atoms with Crippen LogP contribution in [0.25, 0.3) is 0 Å². The molecule has 0 aromatic rings. The molecule has 1 saturated carbocycles. The first-order chi connectivity index (χ1) is 7.40. The van der Waals surface area contributed by atoms with E-state index in [-0.39, 0.29) is 11.4 Å². The first-order valence-corrected chi connectivity index (χ1v) is 6.01. The van der Waals surface area contributed by atoms with Gasteiger partial charge in [0.2, 0.25) is 5.91 Å². The highest BCUT2D eigenvalue weighted by Gasteiger charge is 2.56. The van der Waals surface area contributed by atoms with E-state index in [1.54, 1.807) is 0 Å². The second-order valence-corrected chi connectivity index (χ2v) is 5.71. The van der Waals surface area contributed by atoms with Crippen LogP contribution in [0.2, 0.25) is 0 Å². The molecule has 0 aromatic carbocycles. The molecule has 2 N–H and O–H groups in total. The lowest BCUT2D eigenvalue weighted by molar-refractivity contribution is -0.149. The second-order valence-electron chi connectivity index (χ2n) is 5.27. The fourth-order valence-corrected chi connectivity index (χ4v) is 2.48. The van der Waals surface area contributed by atoms with Gasteiger partial charge in [-0.25, -0.2) is 0 Å². The zero-order valence-corrected chi connectivity index (χ0v) is 10.6. The average Bonchev–Trinajstić information content (AvgIpc) is 2.96. The van der Waals surface area contributed by atoms with Crippen LogP contribution in [-0.4, -0.2) is 41.1 Å². The number of thiocarbonyl (C=S) groups is 1. The van der Waals surface area contributed by atoms with Crippen LogP contribution in [0.1, 0.15) is 26.7 Å². The van der Waals surface area contributed by atoms with Crippen LogP contribution < -0.4 is 5.73 Å². The van der Waals surface area contributed by atoms with Crippen molar-refractivity contribution in [2.24, 2.45) is 11.1 Å². The van der Waals surface area contributed by atoms with E-state index >= 15 is 0 Å². The Morgan fingerprint density at radius 1 is 1.44 bits per heavy atom. The molecule has 5 heteroatoms. The van der Waals surface area contributed by atoms with E-state index in [0.29, 0.717) is 24.7 Å². The highest BCUT2D eigenvalue weighted by molar-refractivity contribution is 7.80. The van der Waals surface area contributed by atoms with E-state index in [4.69, 9.17) is 22.7 Å². The van der Waals surface area contributed by atoms with Crippen molar-refractivity contribution in [1.29, 1.82) is 0 Å². The topological polar surface area (TPSA) is 55.6 Å². The van der Waals surface area contributed by atoms with Crippen LogP contribution in [0.3, 0.4) is 0 Å². The molecule has 1 saturated heterocycles. The van der Waals surface area contributed by atoms with Gasteiger partial charge in [-0.1, -0.05) is 12.2 Å². The number of amides is 1. The van der Waals surface area contributed by atoms with Gasteiger partial charge in [-0.3, -0.25) is 4.79 Å². The number of nitrogens with two attached hydrogens (primary N) is 1. The molecule has 2 fully saturated rings. The Balaban J connectivity index is 2.18. The van der Waals surface area contributed by atoms with Gasteiger partial charge in [0.15, 0.2) is 0 Å². The molecule has 2 rings (SSSR count). The van der Waals surface area contributed by atoms with Crippen LogP contribution in [0.15, 0.2) is 0 Å². The fraction of sp³-hybridized carbons (Fsp3) is 0.818. The molecule has 0 radical (unpaired) electrons. The van der Waals surface area contributed by atoms with Crippen molar-refractivity contribution in [3.8, 4) is 0 Å². The zero-order valence-electron chi connectivity index (χ0n) is 9.78. The predicted molar refractivity (Wildman–Crippen MR) is 65.1 cm³/mol. The van der Waals surface area contributed by atoms with Crippen molar-refractivity contribution in [3.63, 3.8) is 0 Å². The number of carbonyl (C=O) groups is 1. The minimum Gasteiger partial charge on any atom is -0.392 e. The zero-order chi connectivity index (χ0) is 12.0. The van der Waals surface area contributed by atoms with Gasteiger partial charge in [0.1, 0.15) is 0 Å². The van der Waals surface area contributed by atoms with Gasteiger partial charge in [-0.15, -0.1) is 0 Å². The molecule has 2 aliphatic rings. The summed E-state index contributed by atoms with van der Waals surface area (Å²) in [6.45, 7) is 5.84. The highest BCUT2D eigenvalue weighted by atomic mass is 32.1. The Bertz CT molecular complexity index is 337. The number of morpholine rings is 1. The Hall–Kier alpha value is -0.680. The van der Waals surface area contributed by atoms with Crippen LogP contribution in [0, 0.1) is 5.41 Å². The van der Waals surface area contributed by atoms with Crippen molar-refractivity contribution in [2.45, 2.75) is 32.2 Å². The summed E-state index contributed by atoms with van der Waals surface area (Å²) in [5.74, 6) is 0.0910. The molecule has 4 nitrogen and oxygen atoms in total. The van der Waals surface area contributed by atoms with E-state index < -0.39 is 5.41 Å². The van der Waals surface area contributed by atoms with E-state index in [0.717, 1.165) is 12.8 Å². The van der Waals surface area contributed by atoms with E-state index in [2.05, 4.69) is 0 Å².